The third kappa shape index (κ3) is 5.29. The van der Waals surface area contributed by atoms with Crippen molar-refractivity contribution in [2.24, 2.45) is 0 Å². The summed E-state index contributed by atoms with van der Waals surface area (Å²) in [5, 5.41) is 1.17. The predicted molar refractivity (Wildman–Crippen MR) is 141 cm³/mol. The second kappa shape index (κ2) is 11.7. The molecule has 5 heteroatoms. The third-order valence-corrected chi connectivity index (χ3v) is 5.76. The van der Waals surface area contributed by atoms with Gasteiger partial charge in [-0.3, -0.25) is 0 Å². The molecule has 0 amide bonds. The van der Waals surface area contributed by atoms with E-state index in [4.69, 9.17) is 14.7 Å². The number of nitrogens with zero attached hydrogens (tertiary/aromatic N) is 3. The van der Waals surface area contributed by atoms with Crippen LogP contribution in [-0.2, 0) is 16.6 Å². The monoisotopic (exact) mass is 446 g/mol. The van der Waals surface area contributed by atoms with Gasteiger partial charge in [-0.05, 0) is 25.0 Å². The van der Waals surface area contributed by atoms with E-state index in [0.29, 0.717) is 6.04 Å². The second-order valence-corrected chi connectivity index (χ2v) is 8.65. The summed E-state index contributed by atoms with van der Waals surface area (Å²) in [7, 11) is 0. The Morgan fingerprint density at radius 3 is 2.55 bits per heavy atom. The fourth-order valence-electron chi connectivity index (χ4n) is 4.44. The molecule has 1 N–H and O–H groups in total. The third-order valence-electron chi connectivity index (χ3n) is 5.76. The van der Waals surface area contributed by atoms with Gasteiger partial charge in [-0.25, -0.2) is 9.97 Å². The molecule has 0 saturated carbocycles. The van der Waals surface area contributed by atoms with Crippen LogP contribution < -0.4 is 4.90 Å². The standard InChI is InChI=1S/C22H26N4O.C2H6.C2H4.C2H2/c1-22(2,3)19-17-8-7-14-13-27-12-11-26(14)21(17)25-20(24-19)16-5-4-6-18-15(16)9-10-23-18;3*1-2/h4-6,9-10,14,23H,7-8,11-13H2,1-3H3;1-2H3;1-2H2;1-2H. The number of morpholine rings is 1. The van der Waals surface area contributed by atoms with Crippen molar-refractivity contribution in [3.63, 3.8) is 0 Å². The number of aromatic nitrogens is 3. The highest BCUT2D eigenvalue weighted by atomic mass is 16.5. The van der Waals surface area contributed by atoms with Crippen LogP contribution in [0.5, 0.6) is 0 Å². The SMILES string of the molecule is C#C.C=C.CC.CC(C)(C)c1nc(-c2cccc3[nH]ccc23)nc2c1CCC1COCCN21. The van der Waals surface area contributed by atoms with Crippen LogP contribution in [0, 0.1) is 12.8 Å². The average molecular weight is 447 g/mol. The van der Waals surface area contributed by atoms with Gasteiger partial charge in [0.05, 0.1) is 24.9 Å². The molecule has 0 radical (unpaired) electrons. The number of hydrogen-bond donors (Lipinski definition) is 1. The van der Waals surface area contributed by atoms with Crippen LogP contribution in [0.1, 0.15) is 52.3 Å². The number of nitrogens with one attached hydrogen (secondary N) is 1. The van der Waals surface area contributed by atoms with Crippen molar-refractivity contribution < 1.29 is 4.74 Å². The normalized spacial score (nSPS) is 16.6. The Labute approximate surface area is 199 Å². The fraction of sp³-hybridized carbons (Fsp3) is 0.429. The molecular formula is C28H38N4O. The van der Waals surface area contributed by atoms with Gasteiger partial charge < -0.3 is 14.6 Å². The van der Waals surface area contributed by atoms with Crippen LogP contribution in [0.3, 0.4) is 0 Å². The molecule has 5 rings (SSSR count). The fourth-order valence-corrected chi connectivity index (χ4v) is 4.44. The molecule has 1 fully saturated rings. The maximum absolute atomic E-state index is 5.72. The molecule has 1 atom stereocenters. The van der Waals surface area contributed by atoms with Gasteiger partial charge in [0.2, 0.25) is 0 Å². The van der Waals surface area contributed by atoms with Crippen molar-refractivity contribution in [1.82, 2.24) is 15.0 Å². The first-order chi connectivity index (χ1) is 16.0. The lowest BCUT2D eigenvalue weighted by atomic mass is 9.84. The van der Waals surface area contributed by atoms with Crippen molar-refractivity contribution in [2.75, 3.05) is 24.7 Å². The summed E-state index contributed by atoms with van der Waals surface area (Å²) in [4.78, 5) is 16.0. The first kappa shape index (κ1) is 26.2. The number of fused-ring (bicyclic) bond motifs is 4. The summed E-state index contributed by atoms with van der Waals surface area (Å²) < 4.78 is 5.72. The number of H-pyrrole nitrogens is 1. The lowest BCUT2D eigenvalue weighted by Crippen LogP contribution is -2.49. The summed E-state index contributed by atoms with van der Waals surface area (Å²) >= 11 is 0. The Balaban J connectivity index is 0.000000597. The lowest BCUT2D eigenvalue weighted by Gasteiger charge is -2.42. The molecule has 0 bridgehead atoms. The van der Waals surface area contributed by atoms with Crippen molar-refractivity contribution in [3.05, 3.63) is 54.9 Å². The maximum Gasteiger partial charge on any atom is 0.162 e. The topological polar surface area (TPSA) is 54.0 Å². The van der Waals surface area contributed by atoms with Gasteiger partial charge in [0.25, 0.3) is 0 Å². The van der Waals surface area contributed by atoms with Crippen molar-refractivity contribution >= 4 is 16.7 Å². The van der Waals surface area contributed by atoms with E-state index in [1.54, 1.807) is 0 Å². The predicted octanol–water partition coefficient (Wildman–Crippen LogP) is 6.15. The van der Waals surface area contributed by atoms with Gasteiger partial charge in [0.1, 0.15) is 5.82 Å². The van der Waals surface area contributed by atoms with Crippen LogP contribution in [0.15, 0.2) is 43.6 Å². The van der Waals surface area contributed by atoms with Gasteiger partial charge in [0, 0.05) is 40.2 Å². The molecule has 176 valence electrons. The molecule has 1 saturated heterocycles. The van der Waals surface area contributed by atoms with Gasteiger partial charge in [-0.2, -0.15) is 0 Å². The largest absolute Gasteiger partial charge is 0.377 e. The van der Waals surface area contributed by atoms with E-state index in [0.717, 1.165) is 55.3 Å². The summed E-state index contributed by atoms with van der Waals surface area (Å²) in [6.45, 7) is 19.2. The first-order valence-corrected chi connectivity index (χ1v) is 11.7. The summed E-state index contributed by atoms with van der Waals surface area (Å²) in [5.41, 5.74) is 4.70. The van der Waals surface area contributed by atoms with E-state index in [9.17, 15) is 0 Å². The highest BCUT2D eigenvalue weighted by molar-refractivity contribution is 5.93. The van der Waals surface area contributed by atoms with Gasteiger partial charge >= 0.3 is 0 Å². The number of aromatic amines is 1. The van der Waals surface area contributed by atoms with Crippen molar-refractivity contribution in [2.45, 2.75) is 58.9 Å². The molecule has 3 aromatic rings. The Hall–Kier alpha value is -3.10. The molecule has 1 aromatic carbocycles. The molecule has 4 heterocycles. The summed E-state index contributed by atoms with van der Waals surface area (Å²) in [5.74, 6) is 1.95. The number of anilines is 1. The first-order valence-electron chi connectivity index (χ1n) is 11.7. The van der Waals surface area contributed by atoms with Crippen LogP contribution in [0.25, 0.3) is 22.3 Å². The zero-order valence-corrected chi connectivity index (χ0v) is 20.8. The van der Waals surface area contributed by atoms with Gasteiger partial charge in [-0.15, -0.1) is 26.0 Å². The minimum absolute atomic E-state index is 0.0209. The maximum atomic E-state index is 5.72. The van der Waals surface area contributed by atoms with Crippen molar-refractivity contribution in [3.8, 4) is 24.2 Å². The average Bonchev–Trinajstić information content (AvgIpc) is 3.35. The van der Waals surface area contributed by atoms with Crippen LogP contribution >= 0.6 is 0 Å². The molecule has 1 unspecified atom stereocenters. The second-order valence-electron chi connectivity index (χ2n) is 8.65. The molecule has 0 spiro atoms. The number of rotatable bonds is 1. The van der Waals surface area contributed by atoms with E-state index in [1.807, 2.05) is 20.0 Å². The van der Waals surface area contributed by atoms with E-state index < -0.39 is 0 Å². The molecular weight excluding hydrogens is 408 g/mol. The number of ether oxygens (including phenoxy) is 1. The van der Waals surface area contributed by atoms with Gasteiger partial charge in [0.15, 0.2) is 5.82 Å². The Bertz CT molecular complexity index is 1060. The van der Waals surface area contributed by atoms with E-state index >= 15 is 0 Å². The van der Waals surface area contributed by atoms with E-state index in [1.165, 1.54) is 16.6 Å². The van der Waals surface area contributed by atoms with Gasteiger partial charge in [-0.1, -0.05) is 46.8 Å². The lowest BCUT2D eigenvalue weighted by molar-refractivity contribution is 0.0890. The minimum Gasteiger partial charge on any atom is -0.377 e. The highest BCUT2D eigenvalue weighted by Crippen LogP contribution is 2.39. The van der Waals surface area contributed by atoms with Crippen LogP contribution in [0.2, 0.25) is 0 Å². The smallest absolute Gasteiger partial charge is 0.162 e. The molecule has 2 aliphatic rings. The quantitative estimate of drug-likeness (QED) is 0.360. The molecule has 2 aliphatic heterocycles. The van der Waals surface area contributed by atoms with Crippen molar-refractivity contribution in [1.29, 1.82) is 0 Å². The molecule has 33 heavy (non-hydrogen) atoms. The Morgan fingerprint density at radius 1 is 1.12 bits per heavy atom. The van der Waals surface area contributed by atoms with Crippen LogP contribution in [-0.4, -0.2) is 40.8 Å². The summed E-state index contributed by atoms with van der Waals surface area (Å²) in [6, 6.07) is 8.85. The van der Waals surface area contributed by atoms with E-state index in [-0.39, 0.29) is 5.41 Å². The molecule has 2 aromatic heterocycles. The van der Waals surface area contributed by atoms with Crippen LogP contribution in [0.4, 0.5) is 5.82 Å². The zero-order valence-electron chi connectivity index (χ0n) is 20.8. The van der Waals surface area contributed by atoms with E-state index in [2.05, 4.69) is 80.9 Å². The Kier molecular flexibility index (Phi) is 9.25. The Morgan fingerprint density at radius 2 is 1.85 bits per heavy atom. The summed E-state index contributed by atoms with van der Waals surface area (Å²) in [6.07, 6.45) is 12.1. The number of benzene rings is 1. The minimum atomic E-state index is -0.0209. The number of terminal acetylenes is 1. The highest BCUT2D eigenvalue weighted by Gasteiger charge is 2.35. The molecule has 5 nitrogen and oxygen atoms in total. The number of hydrogen-bond acceptors (Lipinski definition) is 4. The zero-order chi connectivity index (χ0) is 24.6. The molecule has 0 aliphatic carbocycles.